The molecule has 0 aromatic heterocycles. The van der Waals surface area contributed by atoms with Crippen molar-refractivity contribution in [2.75, 3.05) is 0 Å². The normalized spacial score (nSPS) is 18.0. The number of hydroxylamine groups is 2. The quantitative estimate of drug-likeness (QED) is 0.464. The van der Waals surface area contributed by atoms with Gasteiger partial charge in [0.1, 0.15) is 0 Å². The van der Waals surface area contributed by atoms with Gasteiger partial charge in [-0.1, -0.05) is 13.3 Å². The molecule has 0 bridgehead atoms. The molecule has 0 aromatic rings. The zero-order valence-corrected chi connectivity index (χ0v) is 6.57. The van der Waals surface area contributed by atoms with Gasteiger partial charge >= 0.3 is 5.91 Å². The molecule has 0 aromatic carbocycles. The molecule has 1 heterocycles. The summed E-state index contributed by atoms with van der Waals surface area (Å²) >= 11 is 0. The van der Waals surface area contributed by atoms with Crippen LogP contribution in [0.25, 0.3) is 0 Å². The van der Waals surface area contributed by atoms with E-state index in [1.54, 1.807) is 6.92 Å². The molecule has 0 aliphatic carbocycles. The lowest BCUT2D eigenvalue weighted by Gasteiger charge is -2.01. The largest absolute Gasteiger partial charge is 0.503 e. The van der Waals surface area contributed by atoms with Gasteiger partial charge in [-0.05, 0) is 6.42 Å². The van der Waals surface area contributed by atoms with Crippen molar-refractivity contribution in [1.82, 2.24) is 5.06 Å². The number of nitrogens with zero attached hydrogens (tertiary/aromatic N) is 1. The molecule has 1 rings (SSSR count). The van der Waals surface area contributed by atoms with Crippen molar-refractivity contribution in [2.24, 2.45) is 0 Å². The number of aliphatic hydroxyl groups excluding tert-OH is 1. The Bertz CT molecular complexity index is 269. The number of carbonyl (C=O) groups is 2. The second-order valence-corrected chi connectivity index (χ2v) is 2.50. The molecule has 12 heavy (non-hydrogen) atoms. The van der Waals surface area contributed by atoms with Gasteiger partial charge in [0.15, 0.2) is 5.76 Å². The van der Waals surface area contributed by atoms with E-state index in [2.05, 4.69) is 0 Å². The summed E-state index contributed by atoms with van der Waals surface area (Å²) in [5.41, 5.74) is -0.00926. The molecule has 0 radical (unpaired) electrons. The van der Waals surface area contributed by atoms with Gasteiger partial charge in [-0.2, -0.15) is 0 Å². The third kappa shape index (κ3) is 1.08. The molecule has 0 unspecified atom stereocenters. The van der Waals surface area contributed by atoms with Gasteiger partial charge in [0.05, 0.1) is 5.57 Å². The highest BCUT2D eigenvalue weighted by atomic mass is 16.5. The molecule has 2 N–H and O–H groups in total. The highest BCUT2D eigenvalue weighted by Crippen LogP contribution is 2.20. The molecule has 0 atom stereocenters. The minimum Gasteiger partial charge on any atom is -0.503 e. The van der Waals surface area contributed by atoms with Crippen LogP contribution in [0, 0.1) is 0 Å². The molecule has 0 fully saturated rings. The first-order chi connectivity index (χ1) is 5.59. The molecule has 66 valence electrons. The summed E-state index contributed by atoms with van der Waals surface area (Å²) in [4.78, 5) is 21.7. The van der Waals surface area contributed by atoms with Crippen LogP contribution in [-0.4, -0.2) is 27.2 Å². The van der Waals surface area contributed by atoms with E-state index < -0.39 is 17.6 Å². The molecule has 5 nitrogen and oxygen atoms in total. The number of amides is 2. The molecule has 5 heteroatoms. The van der Waals surface area contributed by atoms with Crippen molar-refractivity contribution in [3.8, 4) is 0 Å². The van der Waals surface area contributed by atoms with Crippen molar-refractivity contribution in [2.45, 2.75) is 19.8 Å². The smallest absolute Gasteiger partial charge is 0.320 e. The Morgan fingerprint density at radius 3 is 2.25 bits per heavy atom. The van der Waals surface area contributed by atoms with Crippen LogP contribution >= 0.6 is 0 Å². The van der Waals surface area contributed by atoms with Crippen molar-refractivity contribution >= 4 is 11.8 Å². The molecule has 1 aliphatic heterocycles. The predicted molar refractivity (Wildman–Crippen MR) is 38.2 cm³/mol. The van der Waals surface area contributed by atoms with Crippen LogP contribution < -0.4 is 0 Å². The first-order valence-corrected chi connectivity index (χ1v) is 3.59. The van der Waals surface area contributed by atoms with Gasteiger partial charge in [-0.15, -0.1) is 5.06 Å². The van der Waals surface area contributed by atoms with E-state index >= 15 is 0 Å². The third-order valence-electron chi connectivity index (χ3n) is 1.63. The van der Waals surface area contributed by atoms with Crippen LogP contribution in [0.2, 0.25) is 0 Å². The van der Waals surface area contributed by atoms with Crippen molar-refractivity contribution in [3.05, 3.63) is 11.3 Å². The van der Waals surface area contributed by atoms with E-state index in [0.29, 0.717) is 12.8 Å². The van der Waals surface area contributed by atoms with Crippen molar-refractivity contribution in [3.63, 3.8) is 0 Å². The van der Waals surface area contributed by atoms with Gasteiger partial charge in [-0.3, -0.25) is 14.8 Å². The maximum absolute atomic E-state index is 11.0. The molecule has 0 spiro atoms. The van der Waals surface area contributed by atoms with Gasteiger partial charge in [-0.25, -0.2) is 0 Å². The van der Waals surface area contributed by atoms with E-state index in [-0.39, 0.29) is 10.6 Å². The highest BCUT2D eigenvalue weighted by molar-refractivity contribution is 6.16. The number of hydrogen-bond donors (Lipinski definition) is 2. The number of carbonyl (C=O) groups excluding carboxylic acids is 2. The SMILES string of the molecule is CCCC1=C(O)C(=O)N(O)C1=O. The summed E-state index contributed by atoms with van der Waals surface area (Å²) in [6, 6.07) is 0. The average molecular weight is 171 g/mol. The number of rotatable bonds is 2. The summed E-state index contributed by atoms with van der Waals surface area (Å²) < 4.78 is 0. The standard InChI is InChI=1S/C7H9NO4/c1-2-3-4-5(9)7(11)8(12)6(4)10/h9,12H,2-3H2,1H3. The molecule has 1 aliphatic rings. The maximum Gasteiger partial charge on any atom is 0.320 e. The fourth-order valence-corrected chi connectivity index (χ4v) is 1.03. The lowest BCUT2D eigenvalue weighted by Crippen LogP contribution is -2.27. The Hall–Kier alpha value is -1.36. The van der Waals surface area contributed by atoms with E-state index in [4.69, 9.17) is 10.3 Å². The minimum absolute atomic E-state index is 0.00926. The van der Waals surface area contributed by atoms with Gasteiger partial charge in [0.2, 0.25) is 0 Å². The van der Waals surface area contributed by atoms with Gasteiger partial charge < -0.3 is 5.11 Å². The van der Waals surface area contributed by atoms with Crippen LogP contribution in [0.3, 0.4) is 0 Å². The number of hydrogen-bond acceptors (Lipinski definition) is 4. The lowest BCUT2D eigenvalue weighted by molar-refractivity contribution is -0.171. The molecule has 0 saturated heterocycles. The van der Waals surface area contributed by atoms with Crippen LogP contribution in [0.15, 0.2) is 11.3 Å². The highest BCUT2D eigenvalue weighted by Gasteiger charge is 2.36. The van der Waals surface area contributed by atoms with E-state index in [1.165, 1.54) is 0 Å². The summed E-state index contributed by atoms with van der Waals surface area (Å²) in [5.74, 6) is -2.49. The molecular weight excluding hydrogens is 162 g/mol. The molecule has 0 saturated carbocycles. The van der Waals surface area contributed by atoms with E-state index in [9.17, 15) is 9.59 Å². The molecular formula is C7H9NO4. The second-order valence-electron chi connectivity index (χ2n) is 2.50. The fraction of sp³-hybridized carbons (Fsp3) is 0.429. The summed E-state index contributed by atoms with van der Waals surface area (Å²) in [7, 11) is 0. The van der Waals surface area contributed by atoms with Crippen molar-refractivity contribution < 1.29 is 19.9 Å². The predicted octanol–water partition coefficient (Wildman–Crippen LogP) is 0.357. The zero-order chi connectivity index (χ0) is 9.30. The summed E-state index contributed by atoms with van der Waals surface area (Å²) in [5, 5.41) is 17.7. The maximum atomic E-state index is 11.0. The number of imide groups is 1. The monoisotopic (exact) mass is 171 g/mol. The van der Waals surface area contributed by atoms with Crippen LogP contribution in [-0.2, 0) is 9.59 Å². The van der Waals surface area contributed by atoms with Crippen LogP contribution in [0.5, 0.6) is 0 Å². The van der Waals surface area contributed by atoms with Crippen LogP contribution in [0.4, 0.5) is 0 Å². The Kier molecular flexibility index (Phi) is 2.14. The van der Waals surface area contributed by atoms with Crippen molar-refractivity contribution in [1.29, 1.82) is 0 Å². The minimum atomic E-state index is -1.04. The first kappa shape index (κ1) is 8.73. The van der Waals surface area contributed by atoms with Crippen LogP contribution in [0.1, 0.15) is 19.8 Å². The van der Waals surface area contributed by atoms with Gasteiger partial charge in [0, 0.05) is 0 Å². The summed E-state index contributed by atoms with van der Waals surface area (Å²) in [6.45, 7) is 1.80. The third-order valence-corrected chi connectivity index (χ3v) is 1.63. The Morgan fingerprint density at radius 1 is 1.33 bits per heavy atom. The topological polar surface area (TPSA) is 77.8 Å². The van der Waals surface area contributed by atoms with E-state index in [1.807, 2.05) is 0 Å². The lowest BCUT2D eigenvalue weighted by atomic mass is 10.1. The first-order valence-electron chi connectivity index (χ1n) is 3.59. The fourth-order valence-electron chi connectivity index (χ4n) is 1.03. The molecule has 2 amide bonds. The van der Waals surface area contributed by atoms with Gasteiger partial charge in [0.25, 0.3) is 5.91 Å². The Balaban J connectivity index is 2.96. The van der Waals surface area contributed by atoms with E-state index in [0.717, 1.165) is 0 Å². The second kappa shape index (κ2) is 2.94. The Labute approximate surface area is 68.9 Å². The summed E-state index contributed by atoms with van der Waals surface area (Å²) in [6.07, 6.45) is 0.930. The number of aliphatic hydroxyl groups is 1. The zero-order valence-electron chi connectivity index (χ0n) is 6.57. The Morgan fingerprint density at radius 2 is 1.92 bits per heavy atom. The average Bonchev–Trinajstić information content (AvgIpc) is 2.23.